The lowest BCUT2D eigenvalue weighted by atomic mass is 10.3. The summed E-state index contributed by atoms with van der Waals surface area (Å²) in [4.78, 5) is 0. The maximum absolute atomic E-state index is 11.5. The third-order valence-corrected chi connectivity index (χ3v) is 4.15. The van der Waals surface area contributed by atoms with Gasteiger partial charge in [-0.15, -0.1) is 0 Å². The number of para-hydroxylation sites is 1. The van der Waals surface area contributed by atoms with Crippen molar-refractivity contribution in [2.24, 2.45) is 0 Å². The highest BCUT2D eigenvalue weighted by Crippen LogP contribution is 2.10. The molecule has 102 valence electrons. The molecule has 0 fully saturated rings. The van der Waals surface area contributed by atoms with Gasteiger partial charge in [-0.3, -0.25) is 0 Å². The molecule has 1 aromatic heterocycles. The predicted molar refractivity (Wildman–Crippen MR) is 74.5 cm³/mol. The second-order valence-electron chi connectivity index (χ2n) is 4.28. The summed E-state index contributed by atoms with van der Waals surface area (Å²) in [6.45, 7) is 2.56. The molecule has 0 N–H and O–H groups in total. The van der Waals surface area contributed by atoms with Crippen LogP contribution in [0.5, 0.6) is 0 Å². The molecule has 19 heavy (non-hydrogen) atoms. The Morgan fingerprint density at radius 1 is 1.21 bits per heavy atom. The molecule has 0 amide bonds. The van der Waals surface area contributed by atoms with Gasteiger partial charge in [-0.1, -0.05) is 25.1 Å². The maximum atomic E-state index is 11.5. The third-order valence-electron chi connectivity index (χ3n) is 2.83. The molecule has 1 aromatic carbocycles. The van der Waals surface area contributed by atoms with Crippen LogP contribution in [0, 0.1) is 0 Å². The van der Waals surface area contributed by atoms with Gasteiger partial charge in [0.15, 0.2) is 0 Å². The van der Waals surface area contributed by atoms with Crippen LogP contribution in [0.4, 0.5) is 0 Å². The topological polar surface area (TPSA) is 55.2 Å². The summed E-state index contributed by atoms with van der Waals surface area (Å²) in [5.74, 6) is 0. The molecule has 0 atom stereocenters. The van der Waals surface area contributed by atoms with Crippen LogP contribution in [0.1, 0.15) is 12.6 Å². The smallest absolute Gasteiger partial charge is 0.211 e. The van der Waals surface area contributed by atoms with Gasteiger partial charge in [-0.05, 0) is 18.2 Å². The summed E-state index contributed by atoms with van der Waals surface area (Å²) in [6.07, 6.45) is 3.05. The molecule has 0 aliphatic heterocycles. The number of rotatable bonds is 5. The zero-order valence-corrected chi connectivity index (χ0v) is 11.8. The van der Waals surface area contributed by atoms with Crippen molar-refractivity contribution in [1.29, 1.82) is 0 Å². The van der Waals surface area contributed by atoms with Gasteiger partial charge in [0.05, 0.1) is 24.2 Å². The normalized spacial score (nSPS) is 11.9. The number of hydrogen-bond acceptors (Lipinski definition) is 3. The summed E-state index contributed by atoms with van der Waals surface area (Å²) in [6, 6.07) is 11.5. The standard InChI is InChI=1S/C13H17N3O2S/c1-3-15(19(2,17)18)11-12-9-10-16(14-12)13-7-5-4-6-8-13/h4-10H,3,11H2,1-2H3. The third kappa shape index (κ3) is 3.42. The van der Waals surface area contributed by atoms with Crippen molar-refractivity contribution in [3.63, 3.8) is 0 Å². The van der Waals surface area contributed by atoms with Gasteiger partial charge in [0.25, 0.3) is 0 Å². The predicted octanol–water partition coefficient (Wildman–Crippen LogP) is 1.65. The molecule has 0 saturated carbocycles. The highest BCUT2D eigenvalue weighted by Gasteiger charge is 2.16. The van der Waals surface area contributed by atoms with E-state index in [0.29, 0.717) is 13.1 Å². The van der Waals surface area contributed by atoms with Crippen molar-refractivity contribution >= 4 is 10.0 Å². The molecule has 0 bridgehead atoms. The van der Waals surface area contributed by atoms with Crippen LogP contribution in [-0.2, 0) is 16.6 Å². The molecular formula is C13H17N3O2S. The lowest BCUT2D eigenvalue weighted by molar-refractivity contribution is 0.422. The fraction of sp³-hybridized carbons (Fsp3) is 0.308. The Bertz CT molecular complexity index is 635. The van der Waals surface area contributed by atoms with E-state index in [1.54, 1.807) is 4.68 Å². The van der Waals surface area contributed by atoms with E-state index in [-0.39, 0.29) is 0 Å². The van der Waals surface area contributed by atoms with Crippen molar-refractivity contribution in [3.05, 3.63) is 48.3 Å². The summed E-state index contributed by atoms with van der Waals surface area (Å²) >= 11 is 0. The van der Waals surface area contributed by atoms with Gasteiger partial charge in [0, 0.05) is 12.7 Å². The number of nitrogens with zero attached hydrogens (tertiary/aromatic N) is 3. The van der Waals surface area contributed by atoms with Crippen molar-refractivity contribution in [2.45, 2.75) is 13.5 Å². The quantitative estimate of drug-likeness (QED) is 0.836. The number of aromatic nitrogens is 2. The molecular weight excluding hydrogens is 262 g/mol. The number of benzene rings is 1. The minimum absolute atomic E-state index is 0.301. The fourth-order valence-corrected chi connectivity index (χ4v) is 2.65. The highest BCUT2D eigenvalue weighted by atomic mass is 32.2. The second-order valence-corrected chi connectivity index (χ2v) is 6.26. The molecule has 1 heterocycles. The first-order valence-corrected chi connectivity index (χ1v) is 7.90. The molecule has 2 aromatic rings. The molecule has 0 aliphatic carbocycles. The van der Waals surface area contributed by atoms with Gasteiger partial charge in [-0.25, -0.2) is 13.1 Å². The zero-order chi connectivity index (χ0) is 13.9. The Hall–Kier alpha value is -1.66. The van der Waals surface area contributed by atoms with Crippen molar-refractivity contribution in [2.75, 3.05) is 12.8 Å². The number of hydrogen-bond donors (Lipinski definition) is 0. The lowest BCUT2D eigenvalue weighted by Crippen LogP contribution is -2.29. The SMILES string of the molecule is CCN(Cc1ccn(-c2ccccc2)n1)S(C)(=O)=O. The molecule has 0 aliphatic rings. The first-order valence-electron chi connectivity index (χ1n) is 6.06. The van der Waals surface area contributed by atoms with Crippen LogP contribution in [0.3, 0.4) is 0 Å². The minimum atomic E-state index is -3.18. The molecule has 2 rings (SSSR count). The van der Waals surface area contributed by atoms with E-state index in [1.165, 1.54) is 10.6 Å². The Morgan fingerprint density at radius 3 is 2.47 bits per heavy atom. The lowest BCUT2D eigenvalue weighted by Gasteiger charge is -2.15. The van der Waals surface area contributed by atoms with E-state index >= 15 is 0 Å². The van der Waals surface area contributed by atoms with Crippen LogP contribution < -0.4 is 0 Å². The molecule has 6 heteroatoms. The zero-order valence-electron chi connectivity index (χ0n) is 11.0. The van der Waals surface area contributed by atoms with Crippen LogP contribution in [-0.4, -0.2) is 35.3 Å². The van der Waals surface area contributed by atoms with E-state index in [9.17, 15) is 8.42 Å². The van der Waals surface area contributed by atoms with E-state index in [0.717, 1.165) is 11.4 Å². The van der Waals surface area contributed by atoms with E-state index < -0.39 is 10.0 Å². The van der Waals surface area contributed by atoms with E-state index in [4.69, 9.17) is 0 Å². The van der Waals surface area contributed by atoms with Crippen molar-refractivity contribution in [3.8, 4) is 5.69 Å². The average Bonchev–Trinajstić information content (AvgIpc) is 2.84. The van der Waals surface area contributed by atoms with Crippen LogP contribution >= 0.6 is 0 Å². The van der Waals surface area contributed by atoms with Gasteiger partial charge in [0.1, 0.15) is 0 Å². The van der Waals surface area contributed by atoms with Crippen LogP contribution in [0.15, 0.2) is 42.6 Å². The van der Waals surface area contributed by atoms with Gasteiger partial charge in [-0.2, -0.15) is 9.40 Å². The maximum Gasteiger partial charge on any atom is 0.211 e. The van der Waals surface area contributed by atoms with Crippen molar-refractivity contribution < 1.29 is 8.42 Å². The Labute approximate surface area is 113 Å². The van der Waals surface area contributed by atoms with Gasteiger partial charge < -0.3 is 0 Å². The summed E-state index contributed by atoms with van der Waals surface area (Å²) < 4.78 is 26.2. The van der Waals surface area contributed by atoms with Crippen molar-refractivity contribution in [1.82, 2.24) is 14.1 Å². The number of sulfonamides is 1. The molecule has 0 radical (unpaired) electrons. The van der Waals surface area contributed by atoms with Crippen LogP contribution in [0.2, 0.25) is 0 Å². The highest BCUT2D eigenvalue weighted by molar-refractivity contribution is 7.88. The second kappa shape index (κ2) is 5.54. The summed E-state index contributed by atoms with van der Waals surface area (Å²) in [7, 11) is -3.18. The Morgan fingerprint density at radius 2 is 1.89 bits per heavy atom. The minimum Gasteiger partial charge on any atom is -0.241 e. The largest absolute Gasteiger partial charge is 0.241 e. The summed E-state index contributed by atoms with van der Waals surface area (Å²) in [5.41, 5.74) is 1.69. The molecule has 5 nitrogen and oxygen atoms in total. The first kappa shape index (κ1) is 13.8. The average molecular weight is 279 g/mol. The molecule has 0 saturated heterocycles. The Kier molecular flexibility index (Phi) is 4.01. The van der Waals surface area contributed by atoms with Crippen LogP contribution in [0.25, 0.3) is 5.69 Å². The molecule has 0 spiro atoms. The van der Waals surface area contributed by atoms with E-state index in [1.807, 2.05) is 49.5 Å². The van der Waals surface area contributed by atoms with Gasteiger partial charge in [0.2, 0.25) is 10.0 Å². The Balaban J connectivity index is 2.18. The summed E-state index contributed by atoms with van der Waals surface area (Å²) in [5, 5.41) is 4.39. The van der Waals surface area contributed by atoms with E-state index in [2.05, 4.69) is 5.10 Å². The monoisotopic (exact) mass is 279 g/mol. The fourth-order valence-electron chi connectivity index (χ4n) is 1.81. The van der Waals surface area contributed by atoms with Gasteiger partial charge >= 0.3 is 0 Å². The molecule has 0 unspecified atom stereocenters. The first-order chi connectivity index (χ1) is 9.00.